The van der Waals surface area contributed by atoms with Gasteiger partial charge in [0.25, 0.3) is 0 Å². The number of halogens is 1. The molecule has 4 aromatic rings. The van der Waals surface area contributed by atoms with Gasteiger partial charge in [-0.25, -0.2) is 15.0 Å². The second-order valence-electron chi connectivity index (χ2n) is 9.36. The number of imidazole rings is 1. The Morgan fingerprint density at radius 1 is 1.13 bits per heavy atom. The lowest BCUT2D eigenvalue weighted by Gasteiger charge is -2.25. The fourth-order valence-electron chi connectivity index (χ4n) is 4.25. The first-order valence-corrected chi connectivity index (χ1v) is 12.8. The maximum absolute atomic E-state index is 12.3. The van der Waals surface area contributed by atoms with Crippen LogP contribution in [0, 0.1) is 0 Å². The average Bonchev–Trinajstić information content (AvgIpc) is 3.23. The zero-order valence-electron chi connectivity index (χ0n) is 22.8. The van der Waals surface area contributed by atoms with Gasteiger partial charge in [-0.15, -0.1) is 0 Å². The number of methoxy groups -OCH3 is 1. The van der Waals surface area contributed by atoms with E-state index in [1.54, 1.807) is 19.4 Å². The monoisotopic (exact) mass is 548 g/mol. The second-order valence-corrected chi connectivity index (χ2v) is 9.80. The minimum absolute atomic E-state index is 0.311. The van der Waals surface area contributed by atoms with Crippen LogP contribution in [0.1, 0.15) is 6.42 Å². The summed E-state index contributed by atoms with van der Waals surface area (Å²) in [7, 11) is 9.60. The van der Waals surface area contributed by atoms with Gasteiger partial charge in [0.05, 0.1) is 35.2 Å². The van der Waals surface area contributed by atoms with Gasteiger partial charge < -0.3 is 29.7 Å². The van der Waals surface area contributed by atoms with E-state index in [2.05, 4.69) is 32.0 Å². The number of anilines is 4. The molecule has 0 saturated heterocycles. The average molecular weight is 549 g/mol. The van der Waals surface area contributed by atoms with Crippen molar-refractivity contribution in [2.24, 2.45) is 7.05 Å². The number of hydrogen-bond donors (Lipinski definition) is 2. The van der Waals surface area contributed by atoms with Gasteiger partial charge in [-0.3, -0.25) is 4.79 Å². The number of hydrogen-bond acceptors (Lipinski definition) is 8. The van der Waals surface area contributed by atoms with Gasteiger partial charge in [0, 0.05) is 37.9 Å². The molecule has 0 aliphatic carbocycles. The minimum Gasteiger partial charge on any atom is -0.494 e. The molecule has 11 heteroatoms. The van der Waals surface area contributed by atoms with E-state index in [4.69, 9.17) is 26.3 Å². The van der Waals surface area contributed by atoms with E-state index in [1.165, 1.54) is 6.08 Å². The van der Waals surface area contributed by atoms with Crippen molar-refractivity contribution in [1.29, 1.82) is 0 Å². The van der Waals surface area contributed by atoms with Crippen LogP contribution >= 0.6 is 11.6 Å². The fraction of sp³-hybridized carbons (Fsp3) is 0.286. The third kappa shape index (κ3) is 6.47. The van der Waals surface area contributed by atoms with Crippen molar-refractivity contribution < 1.29 is 9.53 Å². The molecule has 0 aliphatic rings. The normalized spacial score (nSPS) is 11.1. The summed E-state index contributed by atoms with van der Waals surface area (Å²) in [5, 5.41) is 6.78. The summed E-state index contributed by atoms with van der Waals surface area (Å²) >= 11 is 6.16. The number of nitrogens with one attached hydrogen (secondary N) is 2. The van der Waals surface area contributed by atoms with Crippen LogP contribution in [0.3, 0.4) is 0 Å². The summed E-state index contributed by atoms with van der Waals surface area (Å²) < 4.78 is 7.67. The molecular formula is C28H33ClN8O2. The first kappa shape index (κ1) is 27.9. The van der Waals surface area contributed by atoms with Gasteiger partial charge in [-0.05, 0) is 63.5 Å². The molecule has 0 radical (unpaired) electrons. The van der Waals surface area contributed by atoms with Crippen LogP contribution in [-0.2, 0) is 11.8 Å². The summed E-state index contributed by atoms with van der Waals surface area (Å²) in [5.41, 5.74) is 4.38. The number of benzene rings is 2. The highest BCUT2D eigenvalue weighted by molar-refractivity contribution is 6.31. The molecule has 10 nitrogen and oxygen atoms in total. The molecule has 0 aliphatic heterocycles. The number of ether oxygens (including phenoxy) is 1. The number of nitrogens with zero attached hydrogens (tertiary/aromatic N) is 6. The molecule has 0 atom stereocenters. The van der Waals surface area contributed by atoms with Crippen LogP contribution in [-0.4, -0.2) is 71.7 Å². The van der Waals surface area contributed by atoms with Crippen molar-refractivity contribution in [2.75, 3.05) is 56.9 Å². The molecular weight excluding hydrogens is 516 g/mol. The van der Waals surface area contributed by atoms with Gasteiger partial charge in [0.1, 0.15) is 11.4 Å². The van der Waals surface area contributed by atoms with Crippen molar-refractivity contribution in [3.63, 3.8) is 0 Å². The Bertz CT molecular complexity index is 1500. The Morgan fingerprint density at radius 3 is 2.64 bits per heavy atom. The Kier molecular flexibility index (Phi) is 8.68. The van der Waals surface area contributed by atoms with Gasteiger partial charge in [0.15, 0.2) is 5.82 Å². The molecule has 2 N–H and O–H groups in total. The lowest BCUT2D eigenvalue weighted by Crippen LogP contribution is -2.24. The van der Waals surface area contributed by atoms with Crippen LogP contribution in [0.5, 0.6) is 5.75 Å². The van der Waals surface area contributed by atoms with E-state index >= 15 is 0 Å². The second kappa shape index (κ2) is 12.1. The topological polar surface area (TPSA) is 100 Å². The van der Waals surface area contributed by atoms with Crippen LogP contribution in [0.25, 0.3) is 22.6 Å². The third-order valence-corrected chi connectivity index (χ3v) is 6.48. The first-order chi connectivity index (χ1) is 18.7. The standard InChI is InChI=1S/C28H33ClN8O2/c1-7-26(38)31-21-16-22(25(39-6)17-24(21)36(4)14-8-13-35(2)3)34-28-30-12-11-19(33-28)27-32-20-15-18(29)9-10-23(20)37(27)5/h7,9-12,15-17H,1,8,13-14H2,2-6H3,(H,31,38)(H,30,33,34). The highest BCUT2D eigenvalue weighted by Gasteiger charge is 2.17. The van der Waals surface area contributed by atoms with E-state index in [9.17, 15) is 4.79 Å². The third-order valence-electron chi connectivity index (χ3n) is 6.25. The maximum Gasteiger partial charge on any atom is 0.247 e. The maximum atomic E-state index is 12.3. The molecule has 204 valence electrons. The smallest absolute Gasteiger partial charge is 0.247 e. The Morgan fingerprint density at radius 2 is 1.92 bits per heavy atom. The number of rotatable bonds is 11. The quantitative estimate of drug-likeness (QED) is 0.254. The molecule has 39 heavy (non-hydrogen) atoms. The highest BCUT2D eigenvalue weighted by atomic mass is 35.5. The molecule has 0 spiro atoms. The van der Waals surface area contributed by atoms with E-state index < -0.39 is 0 Å². The van der Waals surface area contributed by atoms with Crippen LogP contribution in [0.15, 0.2) is 55.3 Å². The van der Waals surface area contributed by atoms with Crippen molar-refractivity contribution in [2.45, 2.75) is 6.42 Å². The molecule has 2 aromatic heterocycles. The SMILES string of the molecule is C=CC(=O)Nc1cc(Nc2nccc(-c3nc4cc(Cl)ccc4n3C)n2)c(OC)cc1N(C)CCCN(C)C. The molecule has 1 amide bonds. The summed E-state index contributed by atoms with van der Waals surface area (Å²) in [6, 6.07) is 11.1. The van der Waals surface area contributed by atoms with Gasteiger partial charge in [-0.2, -0.15) is 0 Å². The molecule has 0 bridgehead atoms. The summed E-state index contributed by atoms with van der Waals surface area (Å²) in [5.74, 6) is 1.30. The van der Waals surface area contributed by atoms with E-state index in [0.717, 1.165) is 36.2 Å². The zero-order valence-corrected chi connectivity index (χ0v) is 23.6. The van der Waals surface area contributed by atoms with E-state index in [0.29, 0.717) is 39.6 Å². The van der Waals surface area contributed by atoms with E-state index in [1.807, 2.05) is 63.1 Å². The van der Waals surface area contributed by atoms with Crippen molar-refractivity contribution in [1.82, 2.24) is 24.4 Å². The molecule has 4 rings (SSSR count). The number of carbonyl (C=O) groups excluding carboxylic acids is 1. The van der Waals surface area contributed by atoms with Crippen LogP contribution in [0.4, 0.5) is 23.0 Å². The van der Waals surface area contributed by atoms with Gasteiger partial charge >= 0.3 is 0 Å². The molecule has 2 heterocycles. The summed E-state index contributed by atoms with van der Waals surface area (Å²) in [6.07, 6.45) is 3.86. The largest absolute Gasteiger partial charge is 0.494 e. The van der Waals surface area contributed by atoms with Crippen molar-refractivity contribution >= 4 is 51.6 Å². The predicted octanol–water partition coefficient (Wildman–Crippen LogP) is 4.95. The van der Waals surface area contributed by atoms with Crippen molar-refractivity contribution in [3.8, 4) is 17.3 Å². The fourth-order valence-corrected chi connectivity index (χ4v) is 4.41. The minimum atomic E-state index is -0.311. The molecule has 2 aromatic carbocycles. The lowest BCUT2D eigenvalue weighted by atomic mass is 10.2. The zero-order chi connectivity index (χ0) is 28.1. The summed E-state index contributed by atoms with van der Waals surface area (Å²) in [6.45, 7) is 5.32. The Labute approximate surface area is 233 Å². The molecule has 0 unspecified atom stereocenters. The number of carbonyl (C=O) groups is 1. The number of amides is 1. The van der Waals surface area contributed by atoms with Crippen LogP contribution in [0.2, 0.25) is 5.02 Å². The van der Waals surface area contributed by atoms with E-state index in [-0.39, 0.29) is 5.91 Å². The number of fused-ring (bicyclic) bond motifs is 1. The van der Waals surface area contributed by atoms with Gasteiger partial charge in [-0.1, -0.05) is 18.2 Å². The van der Waals surface area contributed by atoms with Crippen molar-refractivity contribution in [3.05, 3.63) is 60.3 Å². The first-order valence-electron chi connectivity index (χ1n) is 12.4. The lowest BCUT2D eigenvalue weighted by molar-refractivity contribution is -0.111. The number of aryl methyl sites for hydroxylation is 1. The predicted molar refractivity (Wildman–Crippen MR) is 158 cm³/mol. The number of aromatic nitrogens is 4. The van der Waals surface area contributed by atoms with Gasteiger partial charge in [0.2, 0.25) is 11.9 Å². The Balaban J connectivity index is 1.68. The molecule has 0 saturated carbocycles. The Hall–Kier alpha value is -4.15. The van der Waals surface area contributed by atoms with Crippen LogP contribution < -0.4 is 20.3 Å². The highest BCUT2D eigenvalue weighted by Crippen LogP contribution is 2.38. The summed E-state index contributed by atoms with van der Waals surface area (Å²) in [4.78, 5) is 30.3. The molecule has 0 fully saturated rings.